The molecule has 0 bridgehead atoms. The minimum atomic E-state index is -0.931. The van der Waals surface area contributed by atoms with Gasteiger partial charge in [0.05, 0.1) is 17.1 Å². The molecule has 2 N–H and O–H groups in total. The van der Waals surface area contributed by atoms with Gasteiger partial charge in [0.1, 0.15) is 53.4 Å². The molecular formula is C33H31F3N6O3. The summed E-state index contributed by atoms with van der Waals surface area (Å²) < 4.78 is 58.7. The van der Waals surface area contributed by atoms with Gasteiger partial charge in [-0.1, -0.05) is 12.0 Å². The van der Waals surface area contributed by atoms with E-state index in [1.807, 2.05) is 0 Å². The number of pyridine rings is 1. The zero-order valence-corrected chi connectivity index (χ0v) is 24.6. The number of aromatic nitrogens is 3. The molecule has 3 fully saturated rings. The monoisotopic (exact) mass is 616 g/mol. The molecule has 0 amide bonds. The molecule has 4 aliphatic rings. The summed E-state index contributed by atoms with van der Waals surface area (Å²) in [5.41, 5.74) is -0.739. The van der Waals surface area contributed by atoms with E-state index in [2.05, 4.69) is 37.9 Å². The third-order valence-corrected chi connectivity index (χ3v) is 9.69. The SMILES string of the molecule is C#Cc1c(F)ccc2cc(O)cc(-c3nc4c5c(nc(OC[C@@]67CCCN6C[C@H](F)C7)nc5c3F)N3C[C@@H](C)NC[C@@H]3CO4)c12. The summed E-state index contributed by atoms with van der Waals surface area (Å²) in [6.45, 7) is 4.81. The standard InChI is InChI=1S/C33H31F3N6O3/c1-3-22-24(35)6-5-18-9-21(43)10-23(25(18)22)28-27(36)29-26-30(42-13-17(2)37-12-20(42)15-44-31(26)38-28)40-32(39-29)45-16-33-7-4-8-41(33)14-19(34)11-33/h1,5-6,9-10,17,19-20,37,43H,4,7-8,11-16H2,2H3/t17-,19-,20-,33+/m1/s1. The lowest BCUT2D eigenvalue weighted by Gasteiger charge is -2.38. The van der Waals surface area contributed by atoms with Gasteiger partial charge in [-0.05, 0) is 49.9 Å². The van der Waals surface area contributed by atoms with E-state index in [0.29, 0.717) is 42.6 Å². The van der Waals surface area contributed by atoms with Crippen LogP contribution >= 0.6 is 0 Å². The molecule has 12 heteroatoms. The molecule has 4 aliphatic heterocycles. The normalized spacial score (nSPS) is 25.9. The van der Waals surface area contributed by atoms with Crippen LogP contribution in [0.3, 0.4) is 0 Å². The van der Waals surface area contributed by atoms with Gasteiger partial charge >= 0.3 is 6.01 Å². The molecule has 3 saturated heterocycles. The van der Waals surface area contributed by atoms with Crippen LogP contribution in [0, 0.1) is 24.0 Å². The van der Waals surface area contributed by atoms with Crippen LogP contribution in [-0.2, 0) is 0 Å². The van der Waals surface area contributed by atoms with Crippen molar-refractivity contribution >= 4 is 27.5 Å². The number of phenolic OH excluding ortho intramolecular Hbond substituents is 1. The van der Waals surface area contributed by atoms with E-state index >= 15 is 4.39 Å². The Morgan fingerprint density at radius 3 is 2.91 bits per heavy atom. The molecule has 0 aliphatic carbocycles. The Balaban J connectivity index is 1.33. The van der Waals surface area contributed by atoms with Crippen LogP contribution in [0.15, 0.2) is 24.3 Å². The topological polar surface area (TPSA) is 95.9 Å². The largest absolute Gasteiger partial charge is 0.508 e. The highest BCUT2D eigenvalue weighted by Gasteiger charge is 2.49. The van der Waals surface area contributed by atoms with Crippen LogP contribution in [0.2, 0.25) is 0 Å². The van der Waals surface area contributed by atoms with Crippen LogP contribution in [0.25, 0.3) is 32.9 Å². The lowest BCUT2D eigenvalue weighted by atomic mass is 9.95. The van der Waals surface area contributed by atoms with Gasteiger partial charge in [0, 0.05) is 43.0 Å². The van der Waals surface area contributed by atoms with Crippen molar-refractivity contribution in [1.29, 1.82) is 0 Å². The van der Waals surface area contributed by atoms with E-state index in [0.717, 1.165) is 19.4 Å². The molecule has 4 aromatic rings. The predicted molar refractivity (Wildman–Crippen MR) is 162 cm³/mol. The summed E-state index contributed by atoms with van der Waals surface area (Å²) in [7, 11) is 0. The van der Waals surface area contributed by atoms with Crippen molar-refractivity contribution in [2.24, 2.45) is 0 Å². The third-order valence-electron chi connectivity index (χ3n) is 9.69. The summed E-state index contributed by atoms with van der Waals surface area (Å²) in [4.78, 5) is 18.2. The second-order valence-corrected chi connectivity index (χ2v) is 12.6. The van der Waals surface area contributed by atoms with Crippen molar-refractivity contribution in [2.45, 2.75) is 50.0 Å². The Kier molecular flexibility index (Phi) is 6.48. The fourth-order valence-electron chi connectivity index (χ4n) is 7.60. The molecule has 0 saturated carbocycles. The maximum absolute atomic E-state index is 16.9. The van der Waals surface area contributed by atoms with Gasteiger partial charge in [0.2, 0.25) is 5.88 Å². The highest BCUT2D eigenvalue weighted by atomic mass is 19.1. The second kappa shape index (κ2) is 10.4. The number of alkyl halides is 1. The molecule has 2 aromatic carbocycles. The lowest BCUT2D eigenvalue weighted by molar-refractivity contribution is 0.107. The Morgan fingerprint density at radius 1 is 1.20 bits per heavy atom. The third kappa shape index (κ3) is 4.43. The Morgan fingerprint density at radius 2 is 2.07 bits per heavy atom. The minimum Gasteiger partial charge on any atom is -0.508 e. The second-order valence-electron chi connectivity index (χ2n) is 12.6. The molecular weight excluding hydrogens is 585 g/mol. The predicted octanol–water partition coefficient (Wildman–Crippen LogP) is 4.32. The van der Waals surface area contributed by atoms with Crippen LogP contribution in [0.5, 0.6) is 17.6 Å². The van der Waals surface area contributed by atoms with Crippen molar-refractivity contribution in [3.8, 4) is 41.2 Å². The summed E-state index contributed by atoms with van der Waals surface area (Å²) in [6.07, 6.45) is 6.87. The number of terminal acetylenes is 1. The number of fused-ring (bicyclic) bond motifs is 4. The number of piperazine rings is 1. The zero-order valence-electron chi connectivity index (χ0n) is 24.6. The summed E-state index contributed by atoms with van der Waals surface area (Å²) >= 11 is 0. The number of benzene rings is 2. The number of halogens is 3. The van der Waals surface area contributed by atoms with E-state index < -0.39 is 23.3 Å². The van der Waals surface area contributed by atoms with Gasteiger partial charge < -0.3 is 24.8 Å². The van der Waals surface area contributed by atoms with E-state index in [4.69, 9.17) is 20.9 Å². The van der Waals surface area contributed by atoms with Crippen molar-refractivity contribution in [3.05, 3.63) is 41.5 Å². The highest BCUT2D eigenvalue weighted by Crippen LogP contribution is 2.44. The smallest absolute Gasteiger partial charge is 0.319 e. The number of nitrogens with zero attached hydrogens (tertiary/aromatic N) is 5. The van der Waals surface area contributed by atoms with E-state index in [9.17, 15) is 13.9 Å². The van der Waals surface area contributed by atoms with Crippen molar-refractivity contribution in [1.82, 2.24) is 25.2 Å². The van der Waals surface area contributed by atoms with Gasteiger partial charge in [-0.15, -0.1) is 6.42 Å². The first-order valence-corrected chi connectivity index (χ1v) is 15.2. The van der Waals surface area contributed by atoms with Gasteiger partial charge in [-0.25, -0.2) is 18.2 Å². The molecule has 2 aromatic heterocycles. The maximum Gasteiger partial charge on any atom is 0.319 e. The first-order chi connectivity index (χ1) is 21.7. The number of rotatable bonds is 4. The molecule has 8 rings (SSSR count). The van der Waals surface area contributed by atoms with Crippen molar-refractivity contribution in [3.63, 3.8) is 0 Å². The molecule has 4 atom stereocenters. The van der Waals surface area contributed by atoms with Crippen molar-refractivity contribution in [2.75, 3.05) is 44.3 Å². The summed E-state index contributed by atoms with van der Waals surface area (Å²) in [5.74, 6) is 1.26. The maximum atomic E-state index is 16.9. The zero-order chi connectivity index (χ0) is 31.0. The molecule has 9 nitrogen and oxygen atoms in total. The average molecular weight is 617 g/mol. The number of anilines is 1. The summed E-state index contributed by atoms with van der Waals surface area (Å²) in [6, 6.07) is 5.35. The molecule has 0 radical (unpaired) electrons. The first kappa shape index (κ1) is 28.2. The van der Waals surface area contributed by atoms with Crippen LogP contribution < -0.4 is 19.7 Å². The minimum absolute atomic E-state index is 0.0361. The van der Waals surface area contributed by atoms with Gasteiger partial charge in [0.25, 0.3) is 0 Å². The number of phenols is 1. The number of aromatic hydroxyl groups is 1. The fourth-order valence-corrected chi connectivity index (χ4v) is 7.60. The summed E-state index contributed by atoms with van der Waals surface area (Å²) in [5, 5.41) is 15.0. The van der Waals surface area contributed by atoms with E-state index in [-0.39, 0.29) is 70.7 Å². The number of ether oxygens (including phenoxy) is 2. The number of nitrogens with one attached hydrogen (secondary N) is 1. The molecule has 0 unspecified atom stereocenters. The van der Waals surface area contributed by atoms with Gasteiger partial charge in [-0.2, -0.15) is 9.97 Å². The average Bonchev–Trinajstić information content (AvgIpc) is 3.50. The van der Waals surface area contributed by atoms with Crippen LogP contribution in [0.1, 0.15) is 31.7 Å². The molecule has 45 heavy (non-hydrogen) atoms. The quantitative estimate of drug-likeness (QED) is 0.325. The Labute approximate surface area is 257 Å². The molecule has 6 heterocycles. The fraction of sp³-hybridized carbons (Fsp3) is 0.424. The number of hydrogen-bond acceptors (Lipinski definition) is 9. The lowest BCUT2D eigenvalue weighted by Crippen LogP contribution is -2.57. The Bertz CT molecular complexity index is 1920. The van der Waals surface area contributed by atoms with E-state index in [1.54, 1.807) is 0 Å². The van der Waals surface area contributed by atoms with Crippen molar-refractivity contribution < 1.29 is 27.8 Å². The highest BCUT2D eigenvalue weighted by molar-refractivity contribution is 6.04. The first-order valence-electron chi connectivity index (χ1n) is 15.2. The van der Waals surface area contributed by atoms with Crippen LogP contribution in [-0.4, -0.2) is 88.1 Å². The number of hydrogen-bond donors (Lipinski definition) is 2. The molecule has 232 valence electrons. The van der Waals surface area contributed by atoms with Crippen LogP contribution in [0.4, 0.5) is 19.0 Å². The van der Waals surface area contributed by atoms with Gasteiger partial charge in [-0.3, -0.25) is 4.90 Å². The Hall–Kier alpha value is -4.34. The van der Waals surface area contributed by atoms with E-state index in [1.165, 1.54) is 24.3 Å². The van der Waals surface area contributed by atoms with Gasteiger partial charge in [0.15, 0.2) is 5.82 Å². The molecule has 0 spiro atoms.